The van der Waals surface area contributed by atoms with Crippen LogP contribution in [-0.2, 0) is 19.1 Å². The van der Waals surface area contributed by atoms with Gasteiger partial charge in [-0.3, -0.25) is 9.59 Å². The monoisotopic (exact) mass is 274 g/mol. The van der Waals surface area contributed by atoms with Crippen LogP contribution in [0.25, 0.3) is 0 Å². The number of nitrogens with one attached hydrogen (secondary N) is 1. The van der Waals surface area contributed by atoms with E-state index in [1.165, 1.54) is 7.11 Å². The SMILES string of the molecule is COC(=O)CC[C@@H](NC(=O)CC(N)C(C)C)C(=O)O. The molecule has 0 aliphatic rings. The summed E-state index contributed by atoms with van der Waals surface area (Å²) in [5.74, 6) is -2.00. The number of rotatable bonds is 8. The normalized spacial score (nSPS) is 13.7. The fourth-order valence-corrected chi connectivity index (χ4v) is 1.32. The maximum Gasteiger partial charge on any atom is 0.326 e. The zero-order valence-corrected chi connectivity index (χ0v) is 11.5. The summed E-state index contributed by atoms with van der Waals surface area (Å²) in [6.07, 6.45) is -0.0195. The highest BCUT2D eigenvalue weighted by molar-refractivity contribution is 5.84. The van der Waals surface area contributed by atoms with Crippen LogP contribution in [0, 0.1) is 5.92 Å². The molecule has 0 heterocycles. The summed E-state index contributed by atoms with van der Waals surface area (Å²) in [6, 6.07) is -1.43. The van der Waals surface area contributed by atoms with Crippen molar-refractivity contribution >= 4 is 17.8 Å². The second kappa shape index (κ2) is 8.47. The van der Waals surface area contributed by atoms with Gasteiger partial charge in [-0.05, 0) is 12.3 Å². The van der Waals surface area contributed by atoms with Crippen molar-refractivity contribution in [1.82, 2.24) is 5.32 Å². The smallest absolute Gasteiger partial charge is 0.326 e. The molecule has 110 valence electrons. The predicted molar refractivity (Wildman–Crippen MR) is 68.2 cm³/mol. The summed E-state index contributed by atoms with van der Waals surface area (Å²) in [7, 11) is 1.22. The minimum atomic E-state index is -1.18. The molecule has 0 radical (unpaired) electrons. The van der Waals surface area contributed by atoms with Crippen LogP contribution in [0.5, 0.6) is 0 Å². The summed E-state index contributed by atoms with van der Waals surface area (Å²) >= 11 is 0. The molecule has 0 bridgehead atoms. The summed E-state index contributed by atoms with van der Waals surface area (Å²) in [5.41, 5.74) is 5.73. The molecule has 0 saturated heterocycles. The van der Waals surface area contributed by atoms with Crippen molar-refractivity contribution in [2.24, 2.45) is 11.7 Å². The number of nitrogens with two attached hydrogens (primary N) is 1. The van der Waals surface area contributed by atoms with E-state index in [-0.39, 0.29) is 31.2 Å². The fraction of sp³-hybridized carbons (Fsp3) is 0.750. The Labute approximate surface area is 112 Å². The molecule has 0 aliphatic carbocycles. The number of methoxy groups -OCH3 is 1. The Kier molecular flexibility index (Phi) is 7.74. The van der Waals surface area contributed by atoms with Crippen molar-refractivity contribution in [2.75, 3.05) is 7.11 Å². The first-order chi connectivity index (χ1) is 8.77. The largest absolute Gasteiger partial charge is 0.480 e. The Balaban J connectivity index is 4.30. The van der Waals surface area contributed by atoms with Crippen LogP contribution in [0.2, 0.25) is 0 Å². The number of aliphatic carboxylic acids is 1. The highest BCUT2D eigenvalue weighted by Gasteiger charge is 2.22. The van der Waals surface area contributed by atoms with Gasteiger partial charge in [-0.25, -0.2) is 4.79 Å². The number of hydrogen-bond acceptors (Lipinski definition) is 5. The van der Waals surface area contributed by atoms with Crippen molar-refractivity contribution in [3.8, 4) is 0 Å². The molecule has 0 spiro atoms. The van der Waals surface area contributed by atoms with Crippen LogP contribution < -0.4 is 11.1 Å². The Bertz CT molecular complexity index is 330. The van der Waals surface area contributed by atoms with Gasteiger partial charge in [0.25, 0.3) is 0 Å². The van der Waals surface area contributed by atoms with Gasteiger partial charge in [0.15, 0.2) is 0 Å². The van der Waals surface area contributed by atoms with Crippen LogP contribution >= 0.6 is 0 Å². The van der Waals surface area contributed by atoms with Crippen molar-refractivity contribution in [1.29, 1.82) is 0 Å². The topological polar surface area (TPSA) is 119 Å². The lowest BCUT2D eigenvalue weighted by Gasteiger charge is -2.18. The maximum atomic E-state index is 11.6. The fourth-order valence-electron chi connectivity index (χ4n) is 1.32. The van der Waals surface area contributed by atoms with Gasteiger partial charge in [-0.15, -0.1) is 0 Å². The Hall–Kier alpha value is -1.63. The van der Waals surface area contributed by atoms with Crippen LogP contribution in [-0.4, -0.2) is 42.1 Å². The first-order valence-corrected chi connectivity index (χ1v) is 6.12. The number of hydrogen-bond donors (Lipinski definition) is 3. The van der Waals surface area contributed by atoms with Gasteiger partial charge in [0.05, 0.1) is 7.11 Å². The second-order valence-electron chi connectivity index (χ2n) is 4.69. The summed E-state index contributed by atoms with van der Waals surface area (Å²) < 4.78 is 4.42. The molecule has 0 aromatic carbocycles. The van der Waals surface area contributed by atoms with Crippen molar-refractivity contribution in [3.05, 3.63) is 0 Å². The van der Waals surface area contributed by atoms with E-state index in [0.29, 0.717) is 0 Å². The molecule has 1 amide bonds. The predicted octanol–water partition coefficient (Wildman–Crippen LogP) is -0.118. The number of esters is 1. The van der Waals surface area contributed by atoms with Gasteiger partial charge < -0.3 is 20.9 Å². The van der Waals surface area contributed by atoms with Gasteiger partial charge >= 0.3 is 11.9 Å². The van der Waals surface area contributed by atoms with E-state index in [0.717, 1.165) is 0 Å². The molecule has 0 saturated carbocycles. The maximum absolute atomic E-state index is 11.6. The molecule has 0 aromatic heterocycles. The molecule has 0 rings (SSSR count). The molecule has 0 fully saturated rings. The number of carboxylic acids is 1. The lowest BCUT2D eigenvalue weighted by Crippen LogP contribution is -2.44. The Morgan fingerprint density at radius 1 is 1.32 bits per heavy atom. The quantitative estimate of drug-likeness (QED) is 0.531. The average Bonchev–Trinajstić information content (AvgIpc) is 2.33. The lowest BCUT2D eigenvalue weighted by atomic mass is 10.0. The molecule has 0 aromatic rings. The zero-order chi connectivity index (χ0) is 15.0. The third kappa shape index (κ3) is 7.40. The minimum absolute atomic E-state index is 0.00926. The number of carbonyl (C=O) groups is 3. The Morgan fingerprint density at radius 3 is 2.32 bits per heavy atom. The van der Waals surface area contributed by atoms with Crippen LogP contribution in [0.1, 0.15) is 33.1 Å². The highest BCUT2D eigenvalue weighted by atomic mass is 16.5. The first kappa shape index (κ1) is 17.4. The Morgan fingerprint density at radius 2 is 1.89 bits per heavy atom. The summed E-state index contributed by atoms with van der Waals surface area (Å²) in [6.45, 7) is 3.76. The standard InChI is InChI=1S/C12H22N2O5/c1-7(2)8(13)6-10(15)14-9(12(17)18)4-5-11(16)19-3/h7-9H,4-6,13H2,1-3H3,(H,14,15)(H,17,18)/t8?,9-/m1/s1. The van der Waals surface area contributed by atoms with E-state index in [2.05, 4.69) is 10.1 Å². The molecule has 1 unspecified atom stereocenters. The number of amides is 1. The van der Waals surface area contributed by atoms with E-state index in [1.807, 2.05) is 13.8 Å². The van der Waals surface area contributed by atoms with E-state index in [9.17, 15) is 14.4 Å². The van der Waals surface area contributed by atoms with E-state index < -0.39 is 23.9 Å². The van der Waals surface area contributed by atoms with Gasteiger partial charge in [0, 0.05) is 18.9 Å². The molecule has 7 nitrogen and oxygen atoms in total. The van der Waals surface area contributed by atoms with Crippen molar-refractivity contribution in [3.63, 3.8) is 0 Å². The van der Waals surface area contributed by atoms with Crippen LogP contribution in [0.4, 0.5) is 0 Å². The third-order valence-electron chi connectivity index (χ3n) is 2.78. The van der Waals surface area contributed by atoms with Gasteiger partial charge in [-0.2, -0.15) is 0 Å². The van der Waals surface area contributed by atoms with Crippen LogP contribution in [0.15, 0.2) is 0 Å². The number of ether oxygens (including phenoxy) is 1. The molecule has 7 heteroatoms. The minimum Gasteiger partial charge on any atom is -0.480 e. The first-order valence-electron chi connectivity index (χ1n) is 6.12. The molecule has 0 aliphatic heterocycles. The molecule has 2 atom stereocenters. The molecular weight excluding hydrogens is 252 g/mol. The highest BCUT2D eigenvalue weighted by Crippen LogP contribution is 2.04. The molecule has 19 heavy (non-hydrogen) atoms. The molecule has 4 N–H and O–H groups in total. The van der Waals surface area contributed by atoms with Crippen LogP contribution in [0.3, 0.4) is 0 Å². The second-order valence-corrected chi connectivity index (χ2v) is 4.69. The molecular formula is C12H22N2O5. The zero-order valence-electron chi connectivity index (χ0n) is 11.5. The summed E-state index contributed by atoms with van der Waals surface area (Å²) in [4.78, 5) is 33.5. The lowest BCUT2D eigenvalue weighted by molar-refractivity contribution is -0.144. The van der Waals surface area contributed by atoms with Crippen molar-refractivity contribution in [2.45, 2.75) is 45.2 Å². The third-order valence-corrected chi connectivity index (χ3v) is 2.78. The van der Waals surface area contributed by atoms with Gasteiger partial charge in [0.1, 0.15) is 6.04 Å². The number of carboxylic acid groups (broad SMARTS) is 1. The average molecular weight is 274 g/mol. The van der Waals surface area contributed by atoms with E-state index in [1.54, 1.807) is 0 Å². The van der Waals surface area contributed by atoms with Gasteiger partial charge in [0.2, 0.25) is 5.91 Å². The summed E-state index contributed by atoms with van der Waals surface area (Å²) in [5, 5.41) is 11.3. The van der Waals surface area contributed by atoms with Gasteiger partial charge in [-0.1, -0.05) is 13.8 Å². The number of carbonyl (C=O) groups excluding carboxylic acids is 2. The van der Waals surface area contributed by atoms with E-state index in [4.69, 9.17) is 10.8 Å². The van der Waals surface area contributed by atoms with Crippen molar-refractivity contribution < 1.29 is 24.2 Å². The van der Waals surface area contributed by atoms with E-state index >= 15 is 0 Å².